The Kier molecular flexibility index (Phi) is 4.20. The van der Waals surface area contributed by atoms with Gasteiger partial charge in [-0.3, -0.25) is 0 Å². The standard InChI is InChI=1S/C12H17BrN2O3S/c1-8-11(5-6-18-8)15(2)19(16,17)12-7-9(13)3-4-10(12)14/h3-4,7-8,11H,5-6,14H2,1-2H3. The maximum absolute atomic E-state index is 12.6. The van der Waals surface area contributed by atoms with Crippen molar-refractivity contribution in [2.45, 2.75) is 30.4 Å². The van der Waals surface area contributed by atoms with Gasteiger partial charge in [0.2, 0.25) is 10.0 Å². The van der Waals surface area contributed by atoms with Crippen LogP contribution in [0.15, 0.2) is 27.6 Å². The maximum Gasteiger partial charge on any atom is 0.245 e. The molecule has 5 nitrogen and oxygen atoms in total. The van der Waals surface area contributed by atoms with E-state index >= 15 is 0 Å². The Morgan fingerprint density at radius 3 is 2.74 bits per heavy atom. The van der Waals surface area contributed by atoms with E-state index in [4.69, 9.17) is 10.5 Å². The van der Waals surface area contributed by atoms with E-state index in [1.54, 1.807) is 19.2 Å². The molecule has 2 rings (SSSR count). The summed E-state index contributed by atoms with van der Waals surface area (Å²) in [4.78, 5) is 0.128. The van der Waals surface area contributed by atoms with Gasteiger partial charge in [-0.05, 0) is 31.5 Å². The quantitative estimate of drug-likeness (QED) is 0.845. The van der Waals surface area contributed by atoms with E-state index < -0.39 is 10.0 Å². The van der Waals surface area contributed by atoms with Gasteiger partial charge >= 0.3 is 0 Å². The second-order valence-electron chi connectivity index (χ2n) is 4.64. The molecule has 0 spiro atoms. The normalized spacial score (nSPS) is 24.0. The highest BCUT2D eigenvalue weighted by atomic mass is 79.9. The van der Waals surface area contributed by atoms with Gasteiger partial charge in [-0.2, -0.15) is 4.31 Å². The van der Waals surface area contributed by atoms with Crippen molar-refractivity contribution in [1.82, 2.24) is 4.31 Å². The Bertz CT molecular complexity index is 576. The van der Waals surface area contributed by atoms with Crippen molar-refractivity contribution >= 4 is 31.6 Å². The Hall–Kier alpha value is -0.630. The van der Waals surface area contributed by atoms with E-state index in [0.29, 0.717) is 17.5 Å². The maximum atomic E-state index is 12.6. The number of benzene rings is 1. The van der Waals surface area contributed by atoms with Crippen molar-refractivity contribution in [1.29, 1.82) is 0 Å². The minimum atomic E-state index is -3.61. The van der Waals surface area contributed by atoms with Crippen LogP contribution >= 0.6 is 15.9 Å². The highest BCUT2D eigenvalue weighted by molar-refractivity contribution is 9.10. The number of nitrogens with two attached hydrogens (primary N) is 1. The summed E-state index contributed by atoms with van der Waals surface area (Å²) in [6, 6.07) is 4.68. The number of halogens is 1. The third kappa shape index (κ3) is 2.79. The Labute approximate surface area is 121 Å². The number of hydrogen-bond donors (Lipinski definition) is 1. The van der Waals surface area contributed by atoms with Crippen LogP contribution in [0.1, 0.15) is 13.3 Å². The number of rotatable bonds is 3. The number of anilines is 1. The summed E-state index contributed by atoms with van der Waals surface area (Å²) in [6.45, 7) is 2.47. The lowest BCUT2D eigenvalue weighted by molar-refractivity contribution is 0.102. The van der Waals surface area contributed by atoms with Crippen molar-refractivity contribution in [3.63, 3.8) is 0 Å². The van der Waals surface area contributed by atoms with Gasteiger partial charge in [0.15, 0.2) is 0 Å². The molecular formula is C12H17BrN2O3S. The SMILES string of the molecule is CC1OCCC1N(C)S(=O)(=O)c1cc(Br)ccc1N. The molecule has 1 aromatic rings. The zero-order valence-electron chi connectivity index (χ0n) is 10.8. The molecule has 0 amide bonds. The molecule has 1 aliphatic rings. The molecule has 1 aliphatic heterocycles. The summed E-state index contributed by atoms with van der Waals surface area (Å²) in [6.07, 6.45) is 0.596. The summed E-state index contributed by atoms with van der Waals surface area (Å²) in [5.41, 5.74) is 6.04. The van der Waals surface area contributed by atoms with E-state index in [1.807, 2.05) is 6.92 Å². The fourth-order valence-electron chi connectivity index (χ4n) is 2.26. The summed E-state index contributed by atoms with van der Waals surface area (Å²) in [5, 5.41) is 0. The highest BCUT2D eigenvalue weighted by Gasteiger charge is 2.36. The fraction of sp³-hybridized carbons (Fsp3) is 0.500. The third-order valence-corrected chi connectivity index (χ3v) is 5.87. The van der Waals surface area contributed by atoms with Crippen molar-refractivity contribution in [2.24, 2.45) is 0 Å². The largest absolute Gasteiger partial charge is 0.398 e. The van der Waals surface area contributed by atoms with E-state index in [1.165, 1.54) is 10.4 Å². The molecule has 2 N–H and O–H groups in total. The molecule has 2 atom stereocenters. The molecule has 1 heterocycles. The van der Waals surface area contributed by atoms with Gasteiger partial charge in [-0.1, -0.05) is 15.9 Å². The number of ether oxygens (including phenoxy) is 1. The summed E-state index contributed by atoms with van der Waals surface area (Å²) in [7, 11) is -2.04. The second kappa shape index (κ2) is 5.40. The van der Waals surface area contributed by atoms with Crippen LogP contribution in [0.4, 0.5) is 5.69 Å². The molecule has 0 saturated carbocycles. The zero-order valence-corrected chi connectivity index (χ0v) is 13.2. The van der Waals surface area contributed by atoms with Gasteiger partial charge in [-0.25, -0.2) is 8.42 Å². The van der Waals surface area contributed by atoms with Crippen LogP contribution in [0.3, 0.4) is 0 Å². The van der Waals surface area contributed by atoms with Crippen molar-refractivity contribution in [3.8, 4) is 0 Å². The molecule has 1 fully saturated rings. The molecule has 1 saturated heterocycles. The molecule has 1 aromatic carbocycles. The summed E-state index contributed by atoms with van der Waals surface area (Å²) in [5.74, 6) is 0. The lowest BCUT2D eigenvalue weighted by Gasteiger charge is -2.26. The molecule has 106 valence electrons. The molecule has 7 heteroatoms. The Morgan fingerprint density at radius 1 is 1.47 bits per heavy atom. The Balaban J connectivity index is 2.39. The van der Waals surface area contributed by atoms with E-state index in [9.17, 15) is 8.42 Å². The number of sulfonamides is 1. The van der Waals surface area contributed by atoms with E-state index in [0.717, 1.165) is 0 Å². The minimum absolute atomic E-state index is 0.104. The summed E-state index contributed by atoms with van der Waals surface area (Å²) < 4.78 is 32.7. The molecule has 0 aromatic heterocycles. The van der Waals surface area contributed by atoms with Gasteiger partial charge in [0, 0.05) is 18.1 Å². The first-order valence-electron chi connectivity index (χ1n) is 5.98. The van der Waals surface area contributed by atoms with Crippen LogP contribution in [-0.4, -0.2) is 38.5 Å². The van der Waals surface area contributed by atoms with Crippen LogP contribution in [0, 0.1) is 0 Å². The number of nitrogen functional groups attached to an aromatic ring is 1. The minimum Gasteiger partial charge on any atom is -0.398 e. The number of likely N-dealkylation sites (N-methyl/N-ethyl adjacent to an activating group) is 1. The van der Waals surface area contributed by atoms with Gasteiger partial charge in [0.25, 0.3) is 0 Å². The third-order valence-electron chi connectivity index (χ3n) is 3.44. The first-order valence-corrected chi connectivity index (χ1v) is 8.22. The van der Waals surface area contributed by atoms with Gasteiger partial charge in [0.1, 0.15) is 4.90 Å². The Morgan fingerprint density at radius 2 is 2.16 bits per heavy atom. The summed E-state index contributed by atoms with van der Waals surface area (Å²) >= 11 is 3.27. The molecule has 0 radical (unpaired) electrons. The first-order chi connectivity index (χ1) is 8.84. The van der Waals surface area contributed by atoms with Gasteiger partial charge in [-0.15, -0.1) is 0 Å². The van der Waals surface area contributed by atoms with Crippen molar-refractivity contribution in [3.05, 3.63) is 22.7 Å². The molecular weight excluding hydrogens is 332 g/mol. The van der Waals surface area contributed by atoms with E-state index in [-0.39, 0.29) is 22.7 Å². The lowest BCUT2D eigenvalue weighted by atomic mass is 10.2. The molecule has 0 bridgehead atoms. The van der Waals surface area contributed by atoms with E-state index in [2.05, 4.69) is 15.9 Å². The van der Waals surface area contributed by atoms with Gasteiger partial charge < -0.3 is 10.5 Å². The van der Waals surface area contributed by atoms with Crippen molar-refractivity contribution in [2.75, 3.05) is 19.4 Å². The van der Waals surface area contributed by atoms with Crippen LogP contribution in [0.2, 0.25) is 0 Å². The predicted molar refractivity (Wildman–Crippen MR) is 77.3 cm³/mol. The molecule has 2 unspecified atom stereocenters. The van der Waals surface area contributed by atoms with Gasteiger partial charge in [0.05, 0.1) is 17.8 Å². The fourth-order valence-corrected chi connectivity index (χ4v) is 4.36. The van der Waals surface area contributed by atoms with Crippen LogP contribution in [0.25, 0.3) is 0 Å². The topological polar surface area (TPSA) is 72.6 Å². The smallest absolute Gasteiger partial charge is 0.245 e. The first kappa shape index (κ1) is 14.8. The zero-order chi connectivity index (χ0) is 14.2. The lowest BCUT2D eigenvalue weighted by Crippen LogP contribution is -2.41. The number of hydrogen-bond acceptors (Lipinski definition) is 4. The second-order valence-corrected chi connectivity index (χ2v) is 7.52. The number of nitrogens with zero attached hydrogens (tertiary/aromatic N) is 1. The average Bonchev–Trinajstić information content (AvgIpc) is 2.77. The predicted octanol–water partition coefficient (Wildman–Crippen LogP) is 1.83. The highest BCUT2D eigenvalue weighted by Crippen LogP contribution is 2.29. The monoisotopic (exact) mass is 348 g/mol. The molecule has 19 heavy (non-hydrogen) atoms. The van der Waals surface area contributed by atoms with Crippen LogP contribution < -0.4 is 5.73 Å². The molecule has 0 aliphatic carbocycles. The average molecular weight is 349 g/mol. The van der Waals surface area contributed by atoms with Crippen molar-refractivity contribution < 1.29 is 13.2 Å². The van der Waals surface area contributed by atoms with Crippen LogP contribution in [0.5, 0.6) is 0 Å². The van der Waals surface area contributed by atoms with Crippen LogP contribution in [-0.2, 0) is 14.8 Å².